The molecule has 19 heavy (non-hydrogen) atoms. The minimum atomic E-state index is -0.695. The molecule has 2 heterocycles. The number of ether oxygens (including phenoxy) is 1. The van der Waals surface area contributed by atoms with Crippen molar-refractivity contribution >= 4 is 5.97 Å². The fourth-order valence-corrected chi connectivity index (χ4v) is 3.24. The van der Waals surface area contributed by atoms with Crippen LogP contribution >= 0.6 is 0 Å². The van der Waals surface area contributed by atoms with Crippen LogP contribution in [0.2, 0.25) is 0 Å². The third kappa shape index (κ3) is 3.27. The van der Waals surface area contributed by atoms with Crippen molar-refractivity contribution in [3.8, 4) is 0 Å². The number of hydrogen-bond acceptors (Lipinski definition) is 4. The Bertz CT molecular complexity index is 316. The van der Waals surface area contributed by atoms with E-state index in [1.54, 1.807) is 0 Å². The number of piperazine rings is 1. The van der Waals surface area contributed by atoms with Crippen LogP contribution in [0.25, 0.3) is 0 Å². The first-order chi connectivity index (χ1) is 9.07. The van der Waals surface area contributed by atoms with E-state index < -0.39 is 11.4 Å². The Balaban J connectivity index is 1.99. The van der Waals surface area contributed by atoms with Crippen molar-refractivity contribution in [2.75, 3.05) is 46.4 Å². The number of hydrogen-bond donors (Lipinski definition) is 1. The maximum absolute atomic E-state index is 11.6. The molecular weight excluding hydrogens is 244 g/mol. The number of carboxylic acids is 1. The van der Waals surface area contributed by atoms with E-state index >= 15 is 0 Å². The van der Waals surface area contributed by atoms with Gasteiger partial charge in [-0.15, -0.1) is 0 Å². The number of likely N-dealkylation sites (N-methyl/N-ethyl adjacent to an activating group) is 1. The third-order valence-corrected chi connectivity index (χ3v) is 4.63. The summed E-state index contributed by atoms with van der Waals surface area (Å²) in [6.07, 6.45) is 2.71. The molecule has 2 aliphatic heterocycles. The van der Waals surface area contributed by atoms with E-state index in [1.165, 1.54) is 0 Å². The van der Waals surface area contributed by atoms with Crippen LogP contribution in [-0.4, -0.2) is 73.4 Å². The van der Waals surface area contributed by atoms with E-state index in [0.29, 0.717) is 25.8 Å². The summed E-state index contributed by atoms with van der Waals surface area (Å²) in [6.45, 7) is 6.86. The molecule has 2 rings (SSSR count). The van der Waals surface area contributed by atoms with E-state index in [4.69, 9.17) is 4.74 Å². The lowest BCUT2D eigenvalue weighted by Gasteiger charge is -2.43. The summed E-state index contributed by atoms with van der Waals surface area (Å²) in [4.78, 5) is 16.3. The molecule has 110 valence electrons. The third-order valence-electron chi connectivity index (χ3n) is 4.63. The number of carboxylic acid groups (broad SMARTS) is 1. The summed E-state index contributed by atoms with van der Waals surface area (Å²) >= 11 is 0. The molecule has 2 saturated heterocycles. The quantitative estimate of drug-likeness (QED) is 0.822. The van der Waals surface area contributed by atoms with Gasteiger partial charge in [0.25, 0.3) is 0 Å². The van der Waals surface area contributed by atoms with Crippen LogP contribution in [0.3, 0.4) is 0 Å². The molecule has 2 atom stereocenters. The summed E-state index contributed by atoms with van der Waals surface area (Å²) in [6, 6.07) is 0.545. The highest BCUT2D eigenvalue weighted by Gasteiger charge is 2.42. The smallest absolute Gasteiger partial charge is 0.313 e. The van der Waals surface area contributed by atoms with Gasteiger partial charge in [0.15, 0.2) is 0 Å². The van der Waals surface area contributed by atoms with Crippen molar-refractivity contribution in [3.63, 3.8) is 0 Å². The Labute approximate surface area is 115 Å². The molecule has 0 saturated carbocycles. The molecule has 0 aromatic carbocycles. The van der Waals surface area contributed by atoms with Gasteiger partial charge in [-0.1, -0.05) is 6.92 Å². The summed E-state index contributed by atoms with van der Waals surface area (Å²) in [5.74, 6) is -0.695. The van der Waals surface area contributed by atoms with Gasteiger partial charge in [0.05, 0.1) is 6.61 Å². The van der Waals surface area contributed by atoms with Gasteiger partial charge in [-0.25, -0.2) is 0 Å². The zero-order valence-corrected chi connectivity index (χ0v) is 12.1. The Morgan fingerprint density at radius 3 is 2.84 bits per heavy atom. The summed E-state index contributed by atoms with van der Waals surface area (Å²) < 4.78 is 5.44. The molecule has 1 N–H and O–H groups in total. The minimum Gasteiger partial charge on any atom is -0.481 e. The average Bonchev–Trinajstić information content (AvgIpc) is 2.42. The van der Waals surface area contributed by atoms with Crippen LogP contribution in [0.1, 0.15) is 26.2 Å². The highest BCUT2D eigenvalue weighted by Crippen LogP contribution is 2.31. The van der Waals surface area contributed by atoms with E-state index in [1.807, 2.05) is 0 Å². The number of aliphatic carboxylic acids is 1. The molecule has 2 fully saturated rings. The molecule has 5 heteroatoms. The molecule has 0 amide bonds. The number of rotatable bonds is 4. The lowest BCUT2D eigenvalue weighted by molar-refractivity contribution is -0.160. The lowest BCUT2D eigenvalue weighted by Crippen LogP contribution is -2.56. The van der Waals surface area contributed by atoms with Crippen molar-refractivity contribution < 1.29 is 14.6 Å². The first-order valence-electron chi connectivity index (χ1n) is 7.31. The molecule has 2 unspecified atom stereocenters. The van der Waals surface area contributed by atoms with Crippen LogP contribution in [0.4, 0.5) is 0 Å². The van der Waals surface area contributed by atoms with Crippen LogP contribution in [0, 0.1) is 5.41 Å². The minimum absolute atomic E-state index is 0.367. The molecule has 0 aliphatic carbocycles. The second-order valence-electron chi connectivity index (χ2n) is 6.02. The summed E-state index contributed by atoms with van der Waals surface area (Å²) in [7, 11) is 2.15. The average molecular weight is 270 g/mol. The number of carbonyl (C=O) groups is 1. The summed E-state index contributed by atoms with van der Waals surface area (Å²) in [5.41, 5.74) is -0.688. The fraction of sp³-hybridized carbons (Fsp3) is 0.929. The van der Waals surface area contributed by atoms with E-state index in [2.05, 4.69) is 23.8 Å². The predicted octanol–water partition coefficient (Wildman–Crippen LogP) is 0.894. The zero-order chi connectivity index (χ0) is 13.9. The molecule has 0 aromatic heterocycles. The van der Waals surface area contributed by atoms with Gasteiger partial charge in [-0.05, 0) is 26.3 Å². The van der Waals surface area contributed by atoms with Gasteiger partial charge in [0.2, 0.25) is 0 Å². The molecule has 2 aliphatic rings. The van der Waals surface area contributed by atoms with Crippen molar-refractivity contribution in [1.82, 2.24) is 9.80 Å². The lowest BCUT2D eigenvalue weighted by atomic mass is 9.81. The normalized spacial score (nSPS) is 34.3. The molecular formula is C14H26N2O3. The van der Waals surface area contributed by atoms with Gasteiger partial charge >= 0.3 is 5.97 Å². The van der Waals surface area contributed by atoms with Crippen LogP contribution in [0.5, 0.6) is 0 Å². The van der Waals surface area contributed by atoms with Crippen LogP contribution in [0.15, 0.2) is 0 Å². The first-order valence-corrected chi connectivity index (χ1v) is 7.31. The monoisotopic (exact) mass is 270 g/mol. The largest absolute Gasteiger partial charge is 0.481 e. The Hall–Kier alpha value is -0.650. The maximum atomic E-state index is 11.6. The molecule has 0 aromatic rings. The van der Waals surface area contributed by atoms with E-state index in [0.717, 1.165) is 38.9 Å². The first kappa shape index (κ1) is 14.8. The fourth-order valence-electron chi connectivity index (χ4n) is 3.24. The maximum Gasteiger partial charge on any atom is 0.313 e. The van der Waals surface area contributed by atoms with Gasteiger partial charge in [-0.3, -0.25) is 9.69 Å². The second-order valence-corrected chi connectivity index (χ2v) is 6.02. The Kier molecular flexibility index (Phi) is 4.81. The van der Waals surface area contributed by atoms with Gasteiger partial charge in [0.1, 0.15) is 5.41 Å². The zero-order valence-electron chi connectivity index (χ0n) is 12.1. The van der Waals surface area contributed by atoms with Crippen LogP contribution < -0.4 is 0 Å². The van der Waals surface area contributed by atoms with Crippen molar-refractivity contribution in [2.24, 2.45) is 5.41 Å². The van der Waals surface area contributed by atoms with Gasteiger partial charge < -0.3 is 14.7 Å². The SMILES string of the molecule is CCC1CN(CC2(C(=O)O)CCCOC2)CCN1C. The predicted molar refractivity (Wildman–Crippen MR) is 73.3 cm³/mol. The topological polar surface area (TPSA) is 53.0 Å². The van der Waals surface area contributed by atoms with Crippen molar-refractivity contribution in [3.05, 3.63) is 0 Å². The van der Waals surface area contributed by atoms with Crippen LogP contribution in [-0.2, 0) is 9.53 Å². The number of nitrogens with zero attached hydrogens (tertiary/aromatic N) is 2. The highest BCUT2D eigenvalue weighted by molar-refractivity contribution is 5.75. The second kappa shape index (κ2) is 6.20. The van der Waals surface area contributed by atoms with Gasteiger partial charge in [-0.2, -0.15) is 0 Å². The Morgan fingerprint density at radius 1 is 1.47 bits per heavy atom. The van der Waals surface area contributed by atoms with Crippen molar-refractivity contribution in [2.45, 2.75) is 32.2 Å². The molecule has 0 spiro atoms. The summed E-state index contributed by atoms with van der Waals surface area (Å²) in [5, 5.41) is 9.58. The van der Waals surface area contributed by atoms with Gasteiger partial charge in [0, 0.05) is 38.8 Å². The Morgan fingerprint density at radius 2 is 2.26 bits per heavy atom. The van der Waals surface area contributed by atoms with Crippen molar-refractivity contribution in [1.29, 1.82) is 0 Å². The molecule has 0 bridgehead atoms. The van der Waals surface area contributed by atoms with E-state index in [9.17, 15) is 9.90 Å². The molecule has 0 radical (unpaired) electrons. The standard InChI is InChI=1S/C14H26N2O3/c1-3-12-9-16(7-6-15(12)2)10-14(13(17)18)5-4-8-19-11-14/h12H,3-11H2,1-2H3,(H,17,18). The molecule has 5 nitrogen and oxygen atoms in total. The highest BCUT2D eigenvalue weighted by atomic mass is 16.5. The van der Waals surface area contributed by atoms with E-state index in [-0.39, 0.29) is 0 Å².